The number of halogens is 2. The first-order valence-corrected chi connectivity index (χ1v) is 16.7. The van der Waals surface area contributed by atoms with Gasteiger partial charge in [0.2, 0.25) is 0 Å². The molecule has 0 aliphatic heterocycles. The number of hydrogen-bond acceptors (Lipinski definition) is 0. The van der Waals surface area contributed by atoms with Crippen molar-refractivity contribution in [3.05, 3.63) is 147 Å². The average Bonchev–Trinajstić information content (AvgIpc) is 3.58. The van der Waals surface area contributed by atoms with Crippen molar-refractivity contribution >= 4 is 53.2 Å². The van der Waals surface area contributed by atoms with Crippen molar-refractivity contribution in [3.63, 3.8) is 0 Å². The van der Waals surface area contributed by atoms with E-state index in [1.165, 1.54) is 91.1 Å². The third kappa shape index (κ3) is 8.17. The molecule has 7 rings (SSSR count). The largest absolute Gasteiger partial charge is 0.164 e. The number of fused-ring (bicyclic) bond motifs is 2. The molecule has 6 aromatic carbocycles. The second-order valence-corrected chi connectivity index (χ2v) is 9.44. The first-order valence-electron chi connectivity index (χ1n) is 12.5. The van der Waals surface area contributed by atoms with E-state index in [2.05, 4.69) is 135 Å². The van der Waals surface area contributed by atoms with Crippen LogP contribution in [0.5, 0.6) is 0 Å². The number of rotatable bonds is 3. The summed E-state index contributed by atoms with van der Waals surface area (Å²) >= 11 is 1.36. The molecule has 0 saturated heterocycles. The van der Waals surface area contributed by atoms with Crippen molar-refractivity contribution in [2.45, 2.75) is 25.7 Å². The molecule has 1 saturated carbocycles. The third-order valence-corrected chi connectivity index (χ3v) is 6.89. The first-order chi connectivity index (χ1) is 17.8. The van der Waals surface area contributed by atoms with Gasteiger partial charge in [-0.2, -0.15) is 12.1 Å². The van der Waals surface area contributed by atoms with Crippen molar-refractivity contribution in [1.82, 2.24) is 0 Å². The molecule has 0 N–H and O–H groups in total. The summed E-state index contributed by atoms with van der Waals surface area (Å²) in [4.78, 5) is 0. The normalized spacial score (nSPS) is 11.2. The van der Waals surface area contributed by atoms with Gasteiger partial charge in [0.25, 0.3) is 0 Å². The number of hydrogen-bond donors (Lipinski definition) is 0. The molecule has 2 radical (unpaired) electrons. The Balaban J connectivity index is 0.000000346. The summed E-state index contributed by atoms with van der Waals surface area (Å²) in [6.45, 7) is 5.21. The Bertz CT molecular complexity index is 1580. The van der Waals surface area contributed by atoms with Gasteiger partial charge >= 0.3 is 30.2 Å². The van der Waals surface area contributed by atoms with Gasteiger partial charge in [-0.3, -0.25) is 0 Å². The van der Waals surface area contributed by atoms with E-state index in [-0.39, 0.29) is 39.7 Å². The maximum absolute atomic E-state index is 3.06. The molecule has 0 atom stereocenters. The molecule has 6 aromatic rings. The van der Waals surface area contributed by atoms with Crippen molar-refractivity contribution in [2.75, 3.05) is 0 Å². The van der Waals surface area contributed by atoms with Gasteiger partial charge in [0.1, 0.15) is 0 Å². The minimum atomic E-state index is 0. The molecule has 0 heterocycles. The minimum absolute atomic E-state index is 0. The molecule has 0 aromatic heterocycles. The molecule has 1 fully saturated rings. The van der Waals surface area contributed by atoms with Gasteiger partial charge in [0.05, 0.1) is 0 Å². The Morgan fingerprint density at radius 1 is 0.600 bits per heavy atom. The van der Waals surface area contributed by atoms with E-state index < -0.39 is 0 Å². The third-order valence-electron chi connectivity index (χ3n) is 6.89. The maximum Gasteiger partial charge on any atom is -0.0279 e. The van der Waals surface area contributed by atoms with Crippen molar-refractivity contribution in [2.24, 2.45) is 0 Å². The average molecular weight is 659 g/mol. The zero-order valence-electron chi connectivity index (χ0n) is 23.4. The van der Waals surface area contributed by atoms with Crippen molar-refractivity contribution in [1.29, 1.82) is 0 Å². The number of aryl methyl sites for hydroxylation is 1. The van der Waals surface area contributed by atoms with E-state index in [0.717, 1.165) is 5.92 Å². The summed E-state index contributed by atoms with van der Waals surface area (Å²) < 4.78 is 0. The predicted octanol–water partition coefficient (Wildman–Crippen LogP) is 11.0. The van der Waals surface area contributed by atoms with Crippen molar-refractivity contribution < 1.29 is 23.3 Å². The Morgan fingerprint density at radius 2 is 1.05 bits per heavy atom. The molecular formula is C36H36Cl2SiZr-4. The van der Waals surface area contributed by atoms with Gasteiger partial charge < -0.3 is 14.9 Å². The quantitative estimate of drug-likeness (QED) is 0.131. The standard InChI is InChI=1S/C18H15.C16H13.2CH3.2ClH.Si.Zr/c1-2-5-14(6-3-1)17-8-4-7-15-11-16(12-18(15)17)13-9-10-13;1-12-10-14-8-5-9-15(16(14)11-12)13-6-3-2-4-7-13;;;;;;/h1-8,11-13H,9-10H2;2-11H,1H3;2*1H3;2*1H;;/q4*-1;;;;. The minimum Gasteiger partial charge on any atom is -0.164 e. The Labute approximate surface area is 270 Å². The first kappa shape index (κ1) is 35.8. The summed E-state index contributed by atoms with van der Waals surface area (Å²) in [5, 5.41) is 5.48. The van der Waals surface area contributed by atoms with E-state index in [0.29, 0.717) is 0 Å². The molecule has 4 heteroatoms. The fourth-order valence-corrected chi connectivity index (χ4v) is 5.03. The monoisotopic (exact) mass is 656 g/mol. The molecular weight excluding hydrogens is 623 g/mol. The SMILES string of the molecule is Cc1cc2c(-c3ccccc3)cccc2[cH-]1.Cl.Cl.[CH3-].[CH3-].[Si]=[Zr].c1ccc(-c2cccc3[cH-]c(C4CC4)cc23)cc1. The van der Waals surface area contributed by atoms with Gasteiger partial charge in [-0.1, -0.05) is 90.8 Å². The van der Waals surface area contributed by atoms with Gasteiger partial charge in [-0.25, -0.2) is 0 Å². The van der Waals surface area contributed by atoms with Crippen LogP contribution in [-0.4, -0.2) is 6.88 Å². The van der Waals surface area contributed by atoms with Crippen LogP contribution in [0.3, 0.4) is 0 Å². The topological polar surface area (TPSA) is 0 Å². The van der Waals surface area contributed by atoms with Crippen LogP contribution in [0.4, 0.5) is 0 Å². The Morgan fingerprint density at radius 3 is 1.52 bits per heavy atom. The second kappa shape index (κ2) is 16.9. The van der Waals surface area contributed by atoms with Crippen LogP contribution in [0.1, 0.15) is 29.9 Å². The predicted molar refractivity (Wildman–Crippen MR) is 180 cm³/mol. The number of benzene rings is 4. The molecule has 0 unspecified atom stereocenters. The van der Waals surface area contributed by atoms with E-state index in [1.807, 2.05) is 0 Å². The van der Waals surface area contributed by atoms with Gasteiger partial charge in [0.15, 0.2) is 0 Å². The molecule has 206 valence electrons. The molecule has 0 amide bonds. The van der Waals surface area contributed by atoms with Crippen molar-refractivity contribution in [3.8, 4) is 22.3 Å². The Hall–Kier alpha value is -2.22. The summed E-state index contributed by atoms with van der Waals surface area (Å²) in [6.07, 6.45) is 2.74. The zero-order chi connectivity index (χ0) is 24.9. The molecule has 1 aliphatic rings. The van der Waals surface area contributed by atoms with Gasteiger partial charge in [-0.15, -0.1) is 93.9 Å². The van der Waals surface area contributed by atoms with Gasteiger partial charge in [0, 0.05) is 0 Å². The fourth-order valence-electron chi connectivity index (χ4n) is 5.03. The van der Waals surface area contributed by atoms with Gasteiger partial charge in [-0.05, 0) is 29.9 Å². The van der Waals surface area contributed by atoms with E-state index in [4.69, 9.17) is 0 Å². The fraction of sp³-hybridized carbons (Fsp3) is 0.111. The van der Waals surface area contributed by atoms with E-state index in [9.17, 15) is 0 Å². The molecule has 0 nitrogen and oxygen atoms in total. The summed E-state index contributed by atoms with van der Waals surface area (Å²) in [7, 11) is 0. The zero-order valence-corrected chi connectivity index (χ0v) is 28.4. The van der Waals surface area contributed by atoms with Crippen LogP contribution >= 0.6 is 24.8 Å². The van der Waals surface area contributed by atoms with E-state index >= 15 is 0 Å². The summed E-state index contributed by atoms with van der Waals surface area (Å²) in [6, 6.07) is 43.6. The van der Waals surface area contributed by atoms with Crippen LogP contribution < -0.4 is 0 Å². The smallest absolute Gasteiger partial charge is 0.0279 e. The van der Waals surface area contributed by atoms with Crippen LogP contribution in [0.2, 0.25) is 0 Å². The molecule has 0 spiro atoms. The Kier molecular flexibility index (Phi) is 15.1. The summed E-state index contributed by atoms with van der Waals surface area (Å²) in [5.41, 5.74) is 8.16. The van der Waals surface area contributed by atoms with Crippen LogP contribution in [0.15, 0.2) is 121 Å². The second-order valence-electron chi connectivity index (χ2n) is 9.44. The molecule has 0 bridgehead atoms. The molecule has 1 aliphatic carbocycles. The van der Waals surface area contributed by atoms with E-state index in [1.54, 1.807) is 0 Å². The van der Waals surface area contributed by atoms with Crippen LogP contribution in [-0.2, 0) is 23.3 Å². The molecule has 40 heavy (non-hydrogen) atoms. The van der Waals surface area contributed by atoms with Crippen LogP contribution in [0, 0.1) is 21.8 Å². The summed E-state index contributed by atoms with van der Waals surface area (Å²) in [5.74, 6) is 0.834. The maximum atomic E-state index is 3.06. The van der Waals surface area contributed by atoms with Crippen LogP contribution in [0.25, 0.3) is 43.8 Å².